The van der Waals surface area contributed by atoms with Crippen molar-refractivity contribution >= 4 is 11.6 Å². The Morgan fingerprint density at radius 1 is 1.24 bits per heavy atom. The Bertz CT molecular complexity index is 467. The fourth-order valence-corrected chi connectivity index (χ4v) is 2.50. The lowest BCUT2D eigenvalue weighted by Gasteiger charge is -2.40. The maximum Gasteiger partial charge on any atom is 0.419 e. The molecule has 0 heterocycles. The van der Waals surface area contributed by atoms with Gasteiger partial charge in [-0.15, -0.1) is 11.6 Å². The lowest BCUT2D eigenvalue weighted by atomic mass is 9.90. The Balaban J connectivity index is 2.02. The molecule has 0 radical (unpaired) electrons. The van der Waals surface area contributed by atoms with Crippen LogP contribution in [0.1, 0.15) is 12.0 Å². The third-order valence-electron chi connectivity index (χ3n) is 3.25. The number of alkyl halides is 4. The molecule has 0 bridgehead atoms. The molecule has 1 saturated carbocycles. The molecule has 3 nitrogen and oxygen atoms in total. The Morgan fingerprint density at radius 2 is 1.95 bits per heavy atom. The fourth-order valence-electron chi connectivity index (χ4n) is 2.09. The smallest absolute Gasteiger partial charge is 0.419 e. The van der Waals surface area contributed by atoms with E-state index in [1.807, 2.05) is 0 Å². The van der Waals surface area contributed by atoms with Gasteiger partial charge >= 0.3 is 6.18 Å². The second-order valence-electron chi connectivity index (χ2n) is 4.73. The highest BCUT2D eigenvalue weighted by molar-refractivity contribution is 6.21. The molecule has 1 aromatic rings. The molecule has 0 saturated heterocycles. The summed E-state index contributed by atoms with van der Waals surface area (Å²) in [7, 11) is 1.54. The first-order chi connectivity index (χ1) is 9.93. The molecule has 2 rings (SSSR count). The standard InChI is InChI=1S/C14H16ClF3O3/c1-19-6-7-20-13-10(15)8-12(13)21-11-5-3-2-4-9(11)14(16,17)18/h2-5,10,12-13H,6-8H2,1H3. The molecule has 1 aliphatic carbocycles. The van der Waals surface area contributed by atoms with Crippen molar-refractivity contribution in [2.24, 2.45) is 0 Å². The van der Waals surface area contributed by atoms with Crippen LogP contribution in [0.5, 0.6) is 5.75 Å². The number of benzene rings is 1. The van der Waals surface area contributed by atoms with E-state index in [0.717, 1.165) is 6.07 Å². The van der Waals surface area contributed by atoms with Crippen molar-refractivity contribution in [1.82, 2.24) is 0 Å². The molecule has 1 fully saturated rings. The van der Waals surface area contributed by atoms with Gasteiger partial charge in [0.05, 0.1) is 24.2 Å². The molecular formula is C14H16ClF3O3. The molecule has 3 unspecified atom stereocenters. The number of hydrogen-bond acceptors (Lipinski definition) is 3. The van der Waals surface area contributed by atoms with Crippen molar-refractivity contribution in [3.63, 3.8) is 0 Å². The minimum atomic E-state index is -4.45. The summed E-state index contributed by atoms with van der Waals surface area (Å²) in [5, 5.41) is -0.259. The van der Waals surface area contributed by atoms with Gasteiger partial charge in [-0.25, -0.2) is 0 Å². The monoisotopic (exact) mass is 324 g/mol. The molecular weight excluding hydrogens is 309 g/mol. The van der Waals surface area contributed by atoms with Gasteiger partial charge < -0.3 is 14.2 Å². The highest BCUT2D eigenvalue weighted by Crippen LogP contribution is 2.39. The number of methoxy groups -OCH3 is 1. The SMILES string of the molecule is COCCOC1C(Cl)CC1Oc1ccccc1C(F)(F)F. The third kappa shape index (κ3) is 4.02. The zero-order chi connectivity index (χ0) is 15.5. The molecule has 0 aromatic heterocycles. The van der Waals surface area contributed by atoms with Crippen LogP contribution in [0.3, 0.4) is 0 Å². The van der Waals surface area contributed by atoms with Crippen LogP contribution < -0.4 is 4.74 Å². The van der Waals surface area contributed by atoms with Crippen LogP contribution in [-0.4, -0.2) is 37.9 Å². The van der Waals surface area contributed by atoms with E-state index in [-0.39, 0.29) is 11.1 Å². The number of para-hydroxylation sites is 1. The Hall–Kier alpha value is -0.980. The van der Waals surface area contributed by atoms with E-state index in [1.54, 1.807) is 0 Å². The van der Waals surface area contributed by atoms with Crippen molar-refractivity contribution < 1.29 is 27.4 Å². The largest absolute Gasteiger partial charge is 0.487 e. The highest BCUT2D eigenvalue weighted by atomic mass is 35.5. The van der Waals surface area contributed by atoms with Crippen molar-refractivity contribution in [2.45, 2.75) is 30.2 Å². The third-order valence-corrected chi connectivity index (χ3v) is 3.68. The summed E-state index contributed by atoms with van der Waals surface area (Å²) in [4.78, 5) is 0. The van der Waals surface area contributed by atoms with Crippen LogP contribution in [0, 0.1) is 0 Å². The molecule has 1 aromatic carbocycles. The molecule has 118 valence electrons. The van der Waals surface area contributed by atoms with Crippen LogP contribution in [-0.2, 0) is 15.7 Å². The van der Waals surface area contributed by atoms with Crippen molar-refractivity contribution in [3.8, 4) is 5.75 Å². The molecule has 0 aliphatic heterocycles. The summed E-state index contributed by atoms with van der Waals surface area (Å²) in [6, 6.07) is 5.12. The maximum absolute atomic E-state index is 12.9. The minimum absolute atomic E-state index is 0.195. The van der Waals surface area contributed by atoms with Gasteiger partial charge in [0.25, 0.3) is 0 Å². The van der Waals surface area contributed by atoms with Gasteiger partial charge in [0, 0.05) is 13.5 Å². The van der Waals surface area contributed by atoms with Gasteiger partial charge in [0.1, 0.15) is 18.0 Å². The first-order valence-electron chi connectivity index (χ1n) is 6.51. The molecule has 3 atom stereocenters. The lowest BCUT2D eigenvalue weighted by Crippen LogP contribution is -2.53. The molecule has 21 heavy (non-hydrogen) atoms. The number of halogens is 4. The van der Waals surface area contributed by atoms with Crippen LogP contribution >= 0.6 is 11.6 Å². The van der Waals surface area contributed by atoms with Crippen LogP contribution in [0.2, 0.25) is 0 Å². The Kier molecular flexibility index (Phi) is 5.35. The zero-order valence-corrected chi connectivity index (χ0v) is 12.2. The average Bonchev–Trinajstić information content (AvgIpc) is 2.42. The predicted molar refractivity (Wildman–Crippen MR) is 71.7 cm³/mol. The number of rotatable bonds is 6. The second-order valence-corrected chi connectivity index (χ2v) is 5.29. The predicted octanol–water partition coefficient (Wildman–Crippen LogP) is 3.50. The van der Waals surface area contributed by atoms with Crippen LogP contribution in [0.25, 0.3) is 0 Å². The highest BCUT2D eigenvalue weighted by Gasteiger charge is 2.44. The van der Waals surface area contributed by atoms with Crippen molar-refractivity contribution in [2.75, 3.05) is 20.3 Å². The van der Waals surface area contributed by atoms with E-state index in [9.17, 15) is 13.2 Å². The summed E-state index contributed by atoms with van der Waals surface area (Å²) in [6.07, 6.45) is -4.91. The van der Waals surface area contributed by atoms with E-state index >= 15 is 0 Å². The molecule has 0 N–H and O–H groups in total. The minimum Gasteiger partial charge on any atom is -0.487 e. The Labute approximate surface area is 125 Å². The molecule has 0 spiro atoms. The molecule has 7 heteroatoms. The zero-order valence-electron chi connectivity index (χ0n) is 11.4. The summed E-state index contributed by atoms with van der Waals surface area (Å²) in [5.74, 6) is -0.195. The summed E-state index contributed by atoms with van der Waals surface area (Å²) >= 11 is 6.02. The van der Waals surface area contributed by atoms with E-state index < -0.39 is 23.9 Å². The first-order valence-corrected chi connectivity index (χ1v) is 6.94. The topological polar surface area (TPSA) is 27.7 Å². The van der Waals surface area contributed by atoms with Gasteiger partial charge in [0.15, 0.2) is 0 Å². The van der Waals surface area contributed by atoms with Crippen LogP contribution in [0.15, 0.2) is 24.3 Å². The summed E-state index contributed by atoms with van der Waals surface area (Å²) in [5.41, 5.74) is -0.793. The quantitative estimate of drug-likeness (QED) is 0.592. The van der Waals surface area contributed by atoms with E-state index in [0.29, 0.717) is 19.6 Å². The Morgan fingerprint density at radius 3 is 2.57 bits per heavy atom. The lowest BCUT2D eigenvalue weighted by molar-refractivity contribution is -0.141. The van der Waals surface area contributed by atoms with E-state index in [1.165, 1.54) is 25.3 Å². The van der Waals surface area contributed by atoms with Gasteiger partial charge in [0.2, 0.25) is 0 Å². The average molecular weight is 325 g/mol. The van der Waals surface area contributed by atoms with Gasteiger partial charge in [-0.2, -0.15) is 13.2 Å². The van der Waals surface area contributed by atoms with Gasteiger partial charge in [-0.1, -0.05) is 12.1 Å². The number of hydrogen-bond donors (Lipinski definition) is 0. The summed E-state index contributed by atoms with van der Waals surface area (Å²) < 4.78 is 54.5. The van der Waals surface area contributed by atoms with Gasteiger partial charge in [-0.05, 0) is 12.1 Å². The number of ether oxygens (including phenoxy) is 3. The van der Waals surface area contributed by atoms with E-state index in [4.69, 9.17) is 25.8 Å². The van der Waals surface area contributed by atoms with Crippen LogP contribution in [0.4, 0.5) is 13.2 Å². The van der Waals surface area contributed by atoms with Gasteiger partial charge in [-0.3, -0.25) is 0 Å². The first kappa shape index (κ1) is 16.4. The van der Waals surface area contributed by atoms with Crippen molar-refractivity contribution in [1.29, 1.82) is 0 Å². The second kappa shape index (κ2) is 6.85. The van der Waals surface area contributed by atoms with E-state index in [2.05, 4.69) is 0 Å². The maximum atomic E-state index is 12.9. The normalized spacial score (nSPS) is 25.5. The summed E-state index contributed by atoms with van der Waals surface area (Å²) in [6.45, 7) is 0.719. The fraction of sp³-hybridized carbons (Fsp3) is 0.571. The molecule has 1 aliphatic rings. The molecule has 0 amide bonds. The van der Waals surface area contributed by atoms with Crippen molar-refractivity contribution in [3.05, 3.63) is 29.8 Å².